The average molecular weight is 289 g/mol. The van der Waals surface area contributed by atoms with Crippen LogP contribution >= 0.6 is 0 Å². The second-order valence-corrected chi connectivity index (χ2v) is 1.22. The summed E-state index contributed by atoms with van der Waals surface area (Å²) in [5.74, 6) is 0. The molecule has 8 heavy (non-hydrogen) atoms. The second-order valence-electron chi connectivity index (χ2n) is 1.22. The maximum absolute atomic E-state index is 3.85. The summed E-state index contributed by atoms with van der Waals surface area (Å²) in [5.41, 5.74) is 0. The second kappa shape index (κ2) is 4.91. The van der Waals surface area contributed by atoms with Gasteiger partial charge in [0.15, 0.2) is 0 Å². The molecule has 0 unspecified atom stereocenters. The van der Waals surface area contributed by atoms with E-state index >= 15 is 0 Å². The van der Waals surface area contributed by atoms with E-state index < -0.39 is 0 Å². The van der Waals surface area contributed by atoms with Gasteiger partial charge in [-0.25, -0.2) is 0 Å². The van der Waals surface area contributed by atoms with E-state index in [1.54, 1.807) is 12.8 Å². The normalized spacial score (nSPS) is 14.0. The Morgan fingerprint density at radius 2 is 2.00 bits per heavy atom. The summed E-state index contributed by atoms with van der Waals surface area (Å²) < 4.78 is 0. The molecule has 0 spiro atoms. The predicted molar refractivity (Wildman–Crippen MR) is 31.1 cm³/mol. The summed E-state index contributed by atoms with van der Waals surface area (Å²) in [4.78, 5) is 3.85. The van der Waals surface area contributed by atoms with E-state index in [0.29, 0.717) is 0 Å². The number of hydrogen-bond donors (Lipinski definition) is 0. The van der Waals surface area contributed by atoms with Crippen molar-refractivity contribution in [2.24, 2.45) is 4.99 Å². The minimum Gasteiger partial charge on any atom is -0.390 e. The van der Waals surface area contributed by atoms with Crippen LogP contribution in [0.4, 0.5) is 0 Å². The molecule has 46 valence electrons. The summed E-state index contributed by atoms with van der Waals surface area (Å²) in [5, 5.41) is 0. The van der Waals surface area contributed by atoms with E-state index in [0.717, 1.165) is 0 Å². The van der Waals surface area contributed by atoms with Crippen molar-refractivity contribution < 1.29 is 22.4 Å². The maximum atomic E-state index is 3.85. The van der Waals surface area contributed by atoms with Gasteiger partial charge in [-0.15, -0.1) is 12.2 Å². The third-order valence-corrected chi connectivity index (χ3v) is 0.678. The number of hydrogen-bond acceptors (Lipinski definition) is 1. The van der Waals surface area contributed by atoms with Gasteiger partial charge in [0.2, 0.25) is 0 Å². The van der Waals surface area contributed by atoms with Crippen molar-refractivity contribution in [3.05, 3.63) is 30.8 Å². The fourth-order valence-electron chi connectivity index (χ4n) is 0.377. The Balaban J connectivity index is 0.000000490. The molecule has 0 aromatic heterocycles. The zero-order valence-electron chi connectivity index (χ0n) is 4.21. The Labute approximate surface area is 64.7 Å². The summed E-state index contributed by atoms with van der Waals surface area (Å²) in [6, 6.07) is 0. The van der Waals surface area contributed by atoms with E-state index in [9.17, 15) is 0 Å². The smallest absolute Gasteiger partial charge is 0.390 e. The van der Waals surface area contributed by atoms with Crippen LogP contribution in [0, 0.1) is 6.54 Å². The maximum Gasteiger partial charge on any atom is 1.00 e. The first-order chi connectivity index (χ1) is 3.50. The monoisotopic (exact) mass is 289 g/mol. The van der Waals surface area contributed by atoms with Crippen LogP contribution in [0.5, 0.6) is 0 Å². The van der Waals surface area contributed by atoms with Gasteiger partial charge in [0.25, 0.3) is 0 Å². The fourth-order valence-corrected chi connectivity index (χ4v) is 0.377. The molecule has 1 rings (SSSR count). The first-order valence-electron chi connectivity index (χ1n) is 2.18. The van der Waals surface area contributed by atoms with Crippen LogP contribution in [0.3, 0.4) is 0 Å². The van der Waals surface area contributed by atoms with Gasteiger partial charge in [-0.3, -0.25) is 0 Å². The molecule has 0 aliphatic carbocycles. The predicted octanol–water partition coefficient (Wildman–Crippen LogP) is 1.34. The van der Waals surface area contributed by atoms with E-state index in [-0.39, 0.29) is 22.4 Å². The van der Waals surface area contributed by atoms with Gasteiger partial charge in [-0.2, -0.15) is 12.2 Å². The van der Waals surface area contributed by atoms with Crippen LogP contribution in [-0.2, 0) is 22.4 Å². The van der Waals surface area contributed by atoms with Gasteiger partial charge >= 0.3 is 22.4 Å². The molecule has 0 saturated carbocycles. The Morgan fingerprint density at radius 3 is 2.88 bits per heavy atom. The van der Waals surface area contributed by atoms with Crippen LogP contribution in [0.1, 0.15) is 0 Å². The Bertz CT molecular complexity index is 110. The minimum atomic E-state index is 0. The molecule has 0 atom stereocenters. The first kappa shape index (κ1) is 7.76. The fraction of sp³-hybridized carbons (Fsp3) is 0. The molecule has 0 bridgehead atoms. The molecule has 1 nitrogen and oxygen atoms in total. The molecule has 0 radical (unpaired) electrons. The summed E-state index contributed by atoms with van der Waals surface area (Å²) >= 11 is 0. The molecule has 1 aliphatic heterocycles. The van der Waals surface area contributed by atoms with Crippen LogP contribution in [0.2, 0.25) is 0 Å². The van der Waals surface area contributed by atoms with Crippen molar-refractivity contribution in [2.45, 2.75) is 0 Å². The number of aliphatic imine (C=N–C) groups is 1. The van der Waals surface area contributed by atoms with Gasteiger partial charge in [-0.1, -0.05) is 12.8 Å². The van der Waals surface area contributed by atoms with Crippen molar-refractivity contribution in [3.8, 4) is 0 Å². The summed E-state index contributed by atoms with van der Waals surface area (Å²) in [6.45, 7) is 1.75. The third kappa shape index (κ3) is 2.86. The molecular formula is C6H6AuN. The summed E-state index contributed by atoms with van der Waals surface area (Å²) in [6.07, 6.45) is 9.40. The zero-order chi connectivity index (χ0) is 4.95. The van der Waals surface area contributed by atoms with Crippen molar-refractivity contribution in [1.82, 2.24) is 0 Å². The van der Waals surface area contributed by atoms with Gasteiger partial charge in [-0.05, 0) is 0 Å². The minimum absolute atomic E-state index is 0. The van der Waals surface area contributed by atoms with Gasteiger partial charge in [0.05, 0.1) is 0 Å². The van der Waals surface area contributed by atoms with E-state index in [2.05, 4.69) is 4.99 Å². The molecule has 0 aromatic carbocycles. The van der Waals surface area contributed by atoms with Crippen LogP contribution < -0.4 is 0 Å². The van der Waals surface area contributed by atoms with E-state index in [1.165, 1.54) is 0 Å². The van der Waals surface area contributed by atoms with Crippen LogP contribution in [0.15, 0.2) is 29.3 Å². The standard InChI is InChI=1S/C6H6N.Au/c1-2-4-6-7-5-3-1;/h1-6H;/q-1;+1. The molecular weight excluding hydrogens is 283 g/mol. The molecule has 0 fully saturated rings. The van der Waals surface area contributed by atoms with E-state index in [1.807, 2.05) is 24.3 Å². The molecule has 1 heterocycles. The zero-order valence-corrected chi connectivity index (χ0v) is 6.38. The SMILES string of the molecule is C1=CC=N[CH-]C=C1.[Au+]. The molecule has 0 amide bonds. The molecule has 0 aromatic rings. The van der Waals surface area contributed by atoms with Crippen molar-refractivity contribution in [1.29, 1.82) is 0 Å². The first-order valence-corrected chi connectivity index (χ1v) is 2.18. The van der Waals surface area contributed by atoms with Crippen molar-refractivity contribution >= 4 is 6.21 Å². The van der Waals surface area contributed by atoms with Gasteiger partial charge in [0.1, 0.15) is 0 Å². The number of allylic oxidation sites excluding steroid dienone is 3. The topological polar surface area (TPSA) is 12.4 Å². The van der Waals surface area contributed by atoms with E-state index in [4.69, 9.17) is 0 Å². The molecule has 0 saturated heterocycles. The Kier molecular flexibility index (Phi) is 4.76. The van der Waals surface area contributed by atoms with Gasteiger partial charge < -0.3 is 4.99 Å². The Hall–Kier alpha value is -0.240. The molecule has 2 heteroatoms. The largest absolute Gasteiger partial charge is 1.00 e. The Morgan fingerprint density at radius 1 is 1.12 bits per heavy atom. The molecule has 1 aliphatic rings. The van der Waals surface area contributed by atoms with Crippen molar-refractivity contribution in [3.63, 3.8) is 0 Å². The average Bonchev–Trinajstić information content (AvgIpc) is 1.90. The molecule has 0 N–H and O–H groups in total. The quantitative estimate of drug-likeness (QED) is 0.471. The van der Waals surface area contributed by atoms with Gasteiger partial charge in [0, 0.05) is 0 Å². The van der Waals surface area contributed by atoms with Crippen molar-refractivity contribution in [2.75, 3.05) is 0 Å². The number of nitrogens with zero attached hydrogens (tertiary/aromatic N) is 1. The summed E-state index contributed by atoms with van der Waals surface area (Å²) in [7, 11) is 0. The number of rotatable bonds is 0. The van der Waals surface area contributed by atoms with Crippen LogP contribution in [0.25, 0.3) is 0 Å². The van der Waals surface area contributed by atoms with Crippen LogP contribution in [-0.4, -0.2) is 6.21 Å². The third-order valence-electron chi connectivity index (χ3n) is 0.678.